The van der Waals surface area contributed by atoms with Gasteiger partial charge in [0.2, 0.25) is 0 Å². The van der Waals surface area contributed by atoms with Crippen molar-refractivity contribution >= 4 is 18.7 Å². The Morgan fingerprint density at radius 2 is 1.31 bits per heavy atom. The van der Waals surface area contributed by atoms with E-state index in [2.05, 4.69) is 20.8 Å². The van der Waals surface area contributed by atoms with Crippen molar-refractivity contribution in [2.24, 2.45) is 0 Å². The van der Waals surface area contributed by atoms with Gasteiger partial charge in [-0.25, -0.2) is 0 Å². The van der Waals surface area contributed by atoms with E-state index in [1.807, 2.05) is 60.7 Å². The standard InChI is InChI=1S/C22H30O6Si/c1-22(2,3)29(15-10-6-4-7-11-15,16-12-8-5-9-13-16)28-21-20(26)19(25)18(24)17(14-23)27-21/h4-13,17-21,23-26H,14H2,1-3H3/t17-,18-,19+,20-,21+/m0/s1. The van der Waals surface area contributed by atoms with Crippen LogP contribution in [0.2, 0.25) is 5.04 Å². The maximum absolute atomic E-state index is 10.6. The van der Waals surface area contributed by atoms with E-state index in [0.29, 0.717) is 0 Å². The Morgan fingerprint density at radius 1 is 0.828 bits per heavy atom. The van der Waals surface area contributed by atoms with Gasteiger partial charge >= 0.3 is 0 Å². The molecule has 3 rings (SSSR count). The van der Waals surface area contributed by atoms with Crippen molar-refractivity contribution in [2.45, 2.75) is 56.5 Å². The minimum Gasteiger partial charge on any atom is -0.394 e. The quantitative estimate of drug-likeness (QED) is 0.524. The predicted octanol–water partition coefficient (Wildman–Crippen LogP) is 0.363. The van der Waals surface area contributed by atoms with Crippen molar-refractivity contribution < 1.29 is 29.6 Å². The Morgan fingerprint density at radius 3 is 1.72 bits per heavy atom. The molecule has 2 aromatic rings. The van der Waals surface area contributed by atoms with Crippen LogP contribution in [-0.4, -0.2) is 66.1 Å². The van der Waals surface area contributed by atoms with Crippen LogP contribution >= 0.6 is 0 Å². The van der Waals surface area contributed by atoms with Crippen LogP contribution in [0, 0.1) is 0 Å². The van der Waals surface area contributed by atoms with E-state index in [9.17, 15) is 20.4 Å². The molecule has 2 aromatic carbocycles. The first-order valence-electron chi connectivity index (χ1n) is 9.82. The van der Waals surface area contributed by atoms with Crippen LogP contribution in [0.15, 0.2) is 60.7 Å². The summed E-state index contributed by atoms with van der Waals surface area (Å²) in [5, 5.41) is 42.2. The third-order valence-corrected chi connectivity index (χ3v) is 10.5. The van der Waals surface area contributed by atoms with Crippen LogP contribution in [0.1, 0.15) is 20.8 Å². The summed E-state index contributed by atoms with van der Waals surface area (Å²) in [4.78, 5) is 0. The van der Waals surface area contributed by atoms with Crippen molar-refractivity contribution in [1.29, 1.82) is 0 Å². The van der Waals surface area contributed by atoms with Gasteiger partial charge in [0.1, 0.15) is 24.4 Å². The fourth-order valence-corrected chi connectivity index (χ4v) is 8.59. The molecule has 0 bridgehead atoms. The summed E-state index contributed by atoms with van der Waals surface area (Å²) in [6, 6.07) is 19.7. The highest BCUT2D eigenvalue weighted by Crippen LogP contribution is 2.39. The highest BCUT2D eigenvalue weighted by Gasteiger charge is 2.55. The second-order valence-electron chi connectivity index (χ2n) is 8.48. The lowest BCUT2D eigenvalue weighted by atomic mass is 10.00. The van der Waals surface area contributed by atoms with Crippen molar-refractivity contribution in [3.8, 4) is 0 Å². The molecular weight excluding hydrogens is 388 g/mol. The van der Waals surface area contributed by atoms with Gasteiger partial charge in [0.25, 0.3) is 8.32 Å². The SMILES string of the molecule is CC(C)(C)[Si](O[C@H]1O[C@@H](CO)[C@H](O)[C@@H](O)[C@@H]1O)(c1ccccc1)c1ccccc1. The Labute approximate surface area is 172 Å². The van der Waals surface area contributed by atoms with E-state index in [1.165, 1.54) is 0 Å². The Kier molecular flexibility index (Phi) is 6.60. The molecular formula is C22H30O6Si. The number of aliphatic hydroxyl groups excluding tert-OH is 4. The Hall–Kier alpha value is -1.58. The van der Waals surface area contributed by atoms with Crippen molar-refractivity contribution in [3.05, 3.63) is 60.7 Å². The fourth-order valence-electron chi connectivity index (χ4n) is 4.03. The van der Waals surface area contributed by atoms with E-state index in [1.54, 1.807) is 0 Å². The maximum atomic E-state index is 10.6. The molecule has 1 aliphatic rings. The van der Waals surface area contributed by atoms with Gasteiger partial charge in [-0.15, -0.1) is 0 Å². The molecule has 7 heteroatoms. The summed E-state index contributed by atoms with van der Waals surface area (Å²) in [6.45, 7) is 5.77. The molecule has 1 heterocycles. The van der Waals surface area contributed by atoms with Gasteiger partial charge in [-0.05, 0) is 15.4 Å². The number of hydrogen-bond acceptors (Lipinski definition) is 6. The second-order valence-corrected chi connectivity index (χ2v) is 12.7. The van der Waals surface area contributed by atoms with Crippen LogP contribution in [0.3, 0.4) is 0 Å². The highest BCUT2D eigenvalue weighted by atomic mass is 28.4. The molecule has 4 N–H and O–H groups in total. The van der Waals surface area contributed by atoms with Crippen LogP contribution in [0.25, 0.3) is 0 Å². The maximum Gasteiger partial charge on any atom is 0.264 e. The average molecular weight is 419 g/mol. The normalized spacial score (nSPS) is 28.3. The van der Waals surface area contributed by atoms with Crippen LogP contribution in [0.4, 0.5) is 0 Å². The molecule has 0 aromatic heterocycles. The van der Waals surface area contributed by atoms with E-state index in [-0.39, 0.29) is 5.04 Å². The van der Waals surface area contributed by atoms with Gasteiger partial charge in [-0.2, -0.15) is 0 Å². The smallest absolute Gasteiger partial charge is 0.264 e. The first kappa shape index (κ1) is 22.1. The lowest BCUT2D eigenvalue weighted by Gasteiger charge is -2.48. The number of aliphatic hydroxyl groups is 4. The molecule has 0 amide bonds. The summed E-state index contributed by atoms with van der Waals surface area (Å²) in [6.07, 6.45) is -6.57. The van der Waals surface area contributed by atoms with Crippen molar-refractivity contribution in [1.82, 2.24) is 0 Å². The Balaban J connectivity index is 2.13. The average Bonchev–Trinajstić information content (AvgIpc) is 2.72. The summed E-state index contributed by atoms with van der Waals surface area (Å²) < 4.78 is 12.4. The van der Waals surface area contributed by atoms with Crippen molar-refractivity contribution in [3.63, 3.8) is 0 Å². The molecule has 0 aliphatic carbocycles. The van der Waals surface area contributed by atoms with Gasteiger partial charge in [-0.3, -0.25) is 0 Å². The molecule has 1 saturated heterocycles. The minimum atomic E-state index is -3.03. The monoisotopic (exact) mass is 418 g/mol. The summed E-state index contributed by atoms with van der Waals surface area (Å²) >= 11 is 0. The number of hydrogen-bond donors (Lipinski definition) is 4. The zero-order valence-corrected chi connectivity index (χ0v) is 18.0. The largest absolute Gasteiger partial charge is 0.394 e. The van der Waals surface area contributed by atoms with Gasteiger partial charge in [0.15, 0.2) is 6.29 Å². The molecule has 1 aliphatic heterocycles. The number of rotatable bonds is 5. The van der Waals surface area contributed by atoms with Crippen molar-refractivity contribution in [2.75, 3.05) is 6.61 Å². The van der Waals surface area contributed by atoms with E-state index < -0.39 is 45.6 Å². The summed E-state index contributed by atoms with van der Waals surface area (Å²) in [5.74, 6) is 0. The first-order chi connectivity index (χ1) is 13.7. The molecule has 0 unspecified atom stereocenters. The third-order valence-electron chi connectivity index (χ3n) is 5.56. The molecule has 0 spiro atoms. The molecule has 0 radical (unpaired) electrons. The van der Waals surface area contributed by atoms with E-state index in [0.717, 1.165) is 10.4 Å². The first-order valence-corrected chi connectivity index (χ1v) is 11.7. The predicted molar refractivity (Wildman–Crippen MR) is 112 cm³/mol. The molecule has 158 valence electrons. The molecule has 1 fully saturated rings. The lowest BCUT2D eigenvalue weighted by Crippen LogP contribution is -2.71. The van der Waals surface area contributed by atoms with Gasteiger partial charge in [-0.1, -0.05) is 81.4 Å². The van der Waals surface area contributed by atoms with Crippen LogP contribution in [0.5, 0.6) is 0 Å². The van der Waals surface area contributed by atoms with Gasteiger partial charge in [0.05, 0.1) is 6.61 Å². The Bertz CT molecular complexity index is 737. The van der Waals surface area contributed by atoms with E-state index in [4.69, 9.17) is 9.16 Å². The van der Waals surface area contributed by atoms with Gasteiger partial charge in [0, 0.05) is 0 Å². The highest BCUT2D eigenvalue weighted by molar-refractivity contribution is 6.99. The second kappa shape index (κ2) is 8.65. The van der Waals surface area contributed by atoms with Crippen LogP contribution in [-0.2, 0) is 9.16 Å². The van der Waals surface area contributed by atoms with Gasteiger partial charge < -0.3 is 29.6 Å². The zero-order valence-electron chi connectivity index (χ0n) is 17.0. The third kappa shape index (κ3) is 4.04. The molecule has 0 saturated carbocycles. The number of ether oxygens (including phenoxy) is 1. The van der Waals surface area contributed by atoms with E-state index >= 15 is 0 Å². The minimum absolute atomic E-state index is 0.353. The molecule has 29 heavy (non-hydrogen) atoms. The summed E-state index contributed by atoms with van der Waals surface area (Å²) in [7, 11) is -3.03. The summed E-state index contributed by atoms with van der Waals surface area (Å²) in [5.41, 5.74) is 0. The lowest BCUT2D eigenvalue weighted by molar-refractivity contribution is -0.280. The fraction of sp³-hybridized carbons (Fsp3) is 0.455. The number of benzene rings is 2. The zero-order chi connectivity index (χ0) is 21.2. The topological polar surface area (TPSA) is 99.4 Å². The molecule has 5 atom stereocenters. The van der Waals surface area contributed by atoms with Crippen LogP contribution < -0.4 is 10.4 Å². The molecule has 6 nitrogen and oxygen atoms in total.